The summed E-state index contributed by atoms with van der Waals surface area (Å²) < 4.78 is 8.43. The maximum absolute atomic E-state index is 13.5. The third kappa shape index (κ3) is 3.32. The van der Waals surface area contributed by atoms with Crippen molar-refractivity contribution in [1.29, 1.82) is 0 Å². The highest BCUT2D eigenvalue weighted by atomic mass is 16.5. The van der Waals surface area contributed by atoms with Crippen LogP contribution in [0.5, 0.6) is 5.75 Å². The van der Waals surface area contributed by atoms with E-state index in [0.717, 1.165) is 39.1 Å². The van der Waals surface area contributed by atoms with Gasteiger partial charge in [-0.25, -0.2) is 0 Å². The Hall–Kier alpha value is -3.08. The molecule has 5 nitrogen and oxygen atoms in total. The zero-order valence-electron chi connectivity index (χ0n) is 19.3. The fourth-order valence-electron chi connectivity index (χ4n) is 4.29. The average molecular weight is 419 g/mol. The van der Waals surface area contributed by atoms with Crippen molar-refractivity contribution in [2.24, 2.45) is 0 Å². The molecule has 0 saturated heterocycles. The number of ether oxygens (including phenoxy) is 1. The van der Waals surface area contributed by atoms with Crippen LogP contribution >= 0.6 is 0 Å². The van der Waals surface area contributed by atoms with Crippen LogP contribution in [0.25, 0.3) is 10.9 Å². The molecule has 1 aliphatic rings. The van der Waals surface area contributed by atoms with Crippen molar-refractivity contribution in [3.63, 3.8) is 0 Å². The van der Waals surface area contributed by atoms with Gasteiger partial charge < -0.3 is 14.6 Å². The molecule has 0 spiro atoms. The molecule has 3 aromatic rings. The molecule has 2 heterocycles. The smallest absolute Gasteiger partial charge is 0.257 e. The predicted octanol–water partition coefficient (Wildman–Crippen LogP) is 4.90. The van der Waals surface area contributed by atoms with Crippen LogP contribution in [-0.4, -0.2) is 16.1 Å². The molecule has 2 aromatic carbocycles. The first-order valence-electron chi connectivity index (χ1n) is 10.7. The van der Waals surface area contributed by atoms with Gasteiger partial charge in [0.05, 0.1) is 16.9 Å². The molecule has 5 heteroatoms. The van der Waals surface area contributed by atoms with Gasteiger partial charge in [0.1, 0.15) is 16.9 Å². The number of hydrogen-bond donors (Lipinski definition) is 1. The Morgan fingerprint density at radius 2 is 1.71 bits per heavy atom. The molecule has 1 aliphatic heterocycles. The van der Waals surface area contributed by atoms with Crippen molar-refractivity contribution in [3.8, 4) is 5.75 Å². The summed E-state index contributed by atoms with van der Waals surface area (Å²) in [6, 6.07) is 7.94. The van der Waals surface area contributed by atoms with Crippen molar-refractivity contribution in [2.45, 2.75) is 66.7 Å². The summed E-state index contributed by atoms with van der Waals surface area (Å²) in [5.41, 5.74) is 5.35. The second-order valence-corrected chi connectivity index (χ2v) is 9.26. The standard InChI is InChI=1S/C26H30N2O3/c1-14-8-10-19(11-9-14)12-27-25(30)20-13-28-18(5)26(6,7)31-24-17(4)15(2)16(3)21(22(24)28)23(20)29/h8-11,13,18H,12H2,1-7H3,(H,27,30). The van der Waals surface area contributed by atoms with Crippen LogP contribution in [0, 0.1) is 27.7 Å². The molecule has 0 bridgehead atoms. The first-order chi connectivity index (χ1) is 14.5. The van der Waals surface area contributed by atoms with Crippen LogP contribution in [0.15, 0.2) is 35.3 Å². The largest absolute Gasteiger partial charge is 0.483 e. The minimum Gasteiger partial charge on any atom is -0.483 e. The number of nitrogens with zero attached hydrogens (tertiary/aromatic N) is 1. The number of rotatable bonds is 3. The van der Waals surface area contributed by atoms with Gasteiger partial charge in [-0.2, -0.15) is 0 Å². The summed E-state index contributed by atoms with van der Waals surface area (Å²) >= 11 is 0. The van der Waals surface area contributed by atoms with E-state index in [0.29, 0.717) is 11.9 Å². The lowest BCUT2D eigenvalue weighted by Gasteiger charge is -2.41. The lowest BCUT2D eigenvalue weighted by molar-refractivity contribution is 0.0472. The topological polar surface area (TPSA) is 60.3 Å². The highest BCUT2D eigenvalue weighted by Crippen LogP contribution is 2.43. The summed E-state index contributed by atoms with van der Waals surface area (Å²) in [5, 5.41) is 3.49. The van der Waals surface area contributed by atoms with Crippen molar-refractivity contribution in [1.82, 2.24) is 9.88 Å². The number of nitrogens with one attached hydrogen (secondary N) is 1. The number of aryl methyl sites for hydroxylation is 2. The van der Waals surface area contributed by atoms with E-state index < -0.39 is 5.60 Å². The van der Waals surface area contributed by atoms with Crippen molar-refractivity contribution >= 4 is 16.8 Å². The van der Waals surface area contributed by atoms with Crippen LogP contribution in [0.2, 0.25) is 0 Å². The first kappa shape index (κ1) is 21.2. The van der Waals surface area contributed by atoms with Crippen LogP contribution in [-0.2, 0) is 6.54 Å². The van der Waals surface area contributed by atoms with E-state index in [1.807, 2.05) is 65.8 Å². The Morgan fingerprint density at radius 3 is 2.35 bits per heavy atom. The van der Waals surface area contributed by atoms with E-state index in [2.05, 4.69) is 16.8 Å². The molecule has 1 atom stereocenters. The van der Waals surface area contributed by atoms with E-state index in [1.165, 1.54) is 0 Å². The number of aromatic nitrogens is 1. The fourth-order valence-corrected chi connectivity index (χ4v) is 4.29. The maximum Gasteiger partial charge on any atom is 0.257 e. The van der Waals surface area contributed by atoms with Crippen molar-refractivity contribution in [2.75, 3.05) is 0 Å². The third-order valence-corrected chi connectivity index (χ3v) is 6.90. The van der Waals surface area contributed by atoms with Crippen molar-refractivity contribution in [3.05, 3.63) is 74.1 Å². The van der Waals surface area contributed by atoms with Crippen molar-refractivity contribution < 1.29 is 9.53 Å². The van der Waals surface area contributed by atoms with Gasteiger partial charge in [0.15, 0.2) is 0 Å². The monoisotopic (exact) mass is 418 g/mol. The average Bonchev–Trinajstić information content (AvgIpc) is 2.73. The summed E-state index contributed by atoms with van der Waals surface area (Å²) in [6.45, 7) is 14.5. The van der Waals surface area contributed by atoms with E-state index >= 15 is 0 Å². The lowest BCUT2D eigenvalue weighted by Crippen LogP contribution is -2.42. The molecule has 1 N–H and O–H groups in total. The van der Waals surface area contributed by atoms with Gasteiger partial charge in [0, 0.05) is 12.7 Å². The Kier molecular flexibility index (Phi) is 4.95. The highest BCUT2D eigenvalue weighted by Gasteiger charge is 2.38. The normalized spacial score (nSPS) is 16.8. The zero-order valence-corrected chi connectivity index (χ0v) is 19.3. The summed E-state index contributed by atoms with van der Waals surface area (Å²) in [6.07, 6.45) is 1.71. The second-order valence-electron chi connectivity index (χ2n) is 9.26. The Labute approximate surface area is 183 Å². The molecule has 162 valence electrons. The molecule has 4 rings (SSSR count). The van der Waals surface area contributed by atoms with Gasteiger partial charge in [0.25, 0.3) is 5.91 Å². The third-order valence-electron chi connectivity index (χ3n) is 6.90. The minimum atomic E-state index is -0.475. The quantitative estimate of drug-likeness (QED) is 0.658. The van der Waals surface area contributed by atoms with Gasteiger partial charge in [-0.15, -0.1) is 0 Å². The summed E-state index contributed by atoms with van der Waals surface area (Å²) in [5.74, 6) is 0.386. The van der Waals surface area contributed by atoms with Crippen LogP contribution in [0.4, 0.5) is 0 Å². The van der Waals surface area contributed by atoms with Gasteiger partial charge >= 0.3 is 0 Å². The van der Waals surface area contributed by atoms with E-state index in [-0.39, 0.29) is 22.9 Å². The summed E-state index contributed by atoms with van der Waals surface area (Å²) in [7, 11) is 0. The summed E-state index contributed by atoms with van der Waals surface area (Å²) in [4.78, 5) is 26.6. The van der Waals surface area contributed by atoms with Gasteiger partial charge in [0.2, 0.25) is 5.43 Å². The molecular formula is C26H30N2O3. The van der Waals surface area contributed by atoms with Gasteiger partial charge in [-0.3, -0.25) is 9.59 Å². The SMILES string of the molecule is Cc1ccc(CNC(=O)c2cn3c4c(c(C)c(C)c(C)c4c2=O)OC(C)(C)C3C)cc1. The Bertz CT molecular complexity index is 1270. The molecule has 1 amide bonds. The second kappa shape index (κ2) is 7.26. The van der Waals surface area contributed by atoms with E-state index in [9.17, 15) is 9.59 Å². The lowest BCUT2D eigenvalue weighted by atomic mass is 9.91. The van der Waals surface area contributed by atoms with Gasteiger partial charge in [-0.05, 0) is 70.7 Å². The van der Waals surface area contributed by atoms with Gasteiger partial charge in [-0.1, -0.05) is 29.8 Å². The molecule has 1 aromatic heterocycles. The number of hydrogen-bond acceptors (Lipinski definition) is 3. The zero-order chi connectivity index (χ0) is 22.7. The van der Waals surface area contributed by atoms with Crippen LogP contribution < -0.4 is 15.5 Å². The molecule has 0 fully saturated rings. The number of carbonyl (C=O) groups is 1. The number of amides is 1. The Morgan fingerprint density at radius 1 is 1.06 bits per heavy atom. The fraction of sp³-hybridized carbons (Fsp3) is 0.385. The first-order valence-corrected chi connectivity index (χ1v) is 10.7. The maximum atomic E-state index is 13.5. The Balaban J connectivity index is 1.86. The van der Waals surface area contributed by atoms with E-state index in [4.69, 9.17) is 4.74 Å². The van der Waals surface area contributed by atoms with E-state index in [1.54, 1.807) is 6.20 Å². The molecule has 1 unspecified atom stereocenters. The van der Waals surface area contributed by atoms with Crippen LogP contribution in [0.3, 0.4) is 0 Å². The molecule has 31 heavy (non-hydrogen) atoms. The minimum absolute atomic E-state index is 0.0479. The molecular weight excluding hydrogens is 388 g/mol. The number of benzene rings is 2. The predicted molar refractivity (Wildman–Crippen MR) is 124 cm³/mol. The van der Waals surface area contributed by atoms with Crippen LogP contribution in [0.1, 0.15) is 65.0 Å². The highest BCUT2D eigenvalue weighted by molar-refractivity contribution is 6.00. The molecule has 0 aliphatic carbocycles. The molecule has 0 radical (unpaired) electrons. The number of pyridine rings is 1. The number of carbonyl (C=O) groups excluding carboxylic acids is 1. The molecule has 0 saturated carbocycles.